The number of H-pyrrole nitrogens is 1. The maximum absolute atomic E-state index is 12.8. The number of thiazole rings is 1. The number of carbonyl (C=O) groups excluding carboxylic acids is 1. The molecule has 0 bridgehead atoms. The third-order valence-corrected chi connectivity index (χ3v) is 6.24. The van der Waals surface area contributed by atoms with Gasteiger partial charge in [0.15, 0.2) is 5.01 Å². The third kappa shape index (κ3) is 3.95. The highest BCUT2D eigenvalue weighted by Crippen LogP contribution is 2.30. The Morgan fingerprint density at radius 2 is 2.07 bits per heavy atom. The molecule has 0 radical (unpaired) electrons. The summed E-state index contributed by atoms with van der Waals surface area (Å²) in [4.78, 5) is 29.4. The Kier molecular flexibility index (Phi) is 5.73. The zero-order chi connectivity index (χ0) is 19.5. The second-order valence-corrected chi connectivity index (χ2v) is 8.39. The minimum absolute atomic E-state index is 0.0440. The van der Waals surface area contributed by atoms with Gasteiger partial charge >= 0.3 is 0 Å². The first-order chi connectivity index (χ1) is 13.7. The van der Waals surface area contributed by atoms with Crippen molar-refractivity contribution in [3.63, 3.8) is 0 Å². The van der Waals surface area contributed by atoms with Crippen LogP contribution in [-0.2, 0) is 6.42 Å². The van der Waals surface area contributed by atoms with Crippen molar-refractivity contribution in [1.82, 2.24) is 24.8 Å². The van der Waals surface area contributed by atoms with E-state index in [1.54, 1.807) is 0 Å². The number of aryl methyl sites for hydroxylation is 1. The molecule has 1 aliphatic heterocycles. The number of nitrogens with one attached hydrogen (secondary N) is 1. The molecule has 6 nitrogen and oxygen atoms in total. The van der Waals surface area contributed by atoms with Crippen molar-refractivity contribution in [3.05, 3.63) is 34.4 Å². The summed E-state index contributed by atoms with van der Waals surface area (Å²) in [5, 5.41) is 3.63. The molecule has 4 rings (SSSR count). The van der Waals surface area contributed by atoms with Crippen molar-refractivity contribution in [2.24, 2.45) is 0 Å². The van der Waals surface area contributed by atoms with E-state index >= 15 is 0 Å². The van der Waals surface area contributed by atoms with Gasteiger partial charge in [-0.25, -0.2) is 9.97 Å². The first kappa shape index (κ1) is 19.1. The van der Waals surface area contributed by atoms with Crippen molar-refractivity contribution in [3.8, 4) is 11.3 Å². The van der Waals surface area contributed by atoms with Crippen LogP contribution < -0.4 is 0 Å². The highest BCUT2D eigenvalue weighted by molar-refractivity contribution is 7.12. The van der Waals surface area contributed by atoms with Crippen LogP contribution in [0.3, 0.4) is 0 Å². The van der Waals surface area contributed by atoms with E-state index in [0.29, 0.717) is 5.01 Å². The Morgan fingerprint density at radius 1 is 1.25 bits per heavy atom. The molecule has 3 aromatic rings. The van der Waals surface area contributed by atoms with Gasteiger partial charge in [-0.3, -0.25) is 4.79 Å². The van der Waals surface area contributed by atoms with Gasteiger partial charge < -0.3 is 14.8 Å². The standard InChI is InChI=1S/C21H27N5OS/c1-3-4-5-6-15-11-16-17(13-23-19(16)22-12-15)18-14-28-20(24-18)21(27)26-9-7-25(2)8-10-26/h11-14H,3-10H2,1-2H3,(H,22,23). The summed E-state index contributed by atoms with van der Waals surface area (Å²) in [6.45, 7) is 5.58. The van der Waals surface area contributed by atoms with Gasteiger partial charge in [-0.15, -0.1) is 11.3 Å². The number of piperazine rings is 1. The second-order valence-electron chi connectivity index (χ2n) is 7.53. The number of unbranched alkanes of at least 4 members (excludes halogenated alkanes) is 2. The van der Waals surface area contributed by atoms with Crippen molar-refractivity contribution in [1.29, 1.82) is 0 Å². The molecule has 0 aromatic carbocycles. The van der Waals surface area contributed by atoms with E-state index in [1.807, 2.05) is 22.7 Å². The monoisotopic (exact) mass is 397 g/mol. The van der Waals surface area contributed by atoms with E-state index in [9.17, 15) is 4.79 Å². The minimum Gasteiger partial charge on any atom is -0.345 e. The van der Waals surface area contributed by atoms with E-state index in [0.717, 1.165) is 54.9 Å². The lowest BCUT2D eigenvalue weighted by atomic mass is 10.1. The van der Waals surface area contributed by atoms with Gasteiger partial charge in [-0.1, -0.05) is 19.8 Å². The van der Waals surface area contributed by atoms with Gasteiger partial charge in [-0.2, -0.15) is 0 Å². The average Bonchev–Trinajstić information content (AvgIpc) is 3.35. The van der Waals surface area contributed by atoms with Crippen molar-refractivity contribution >= 4 is 28.3 Å². The summed E-state index contributed by atoms with van der Waals surface area (Å²) in [5.41, 5.74) is 4.00. The van der Waals surface area contributed by atoms with Crippen LogP contribution in [0.4, 0.5) is 0 Å². The molecule has 1 fully saturated rings. The number of hydrogen-bond donors (Lipinski definition) is 1. The van der Waals surface area contributed by atoms with Crippen LogP contribution in [0.5, 0.6) is 0 Å². The topological polar surface area (TPSA) is 65.1 Å². The average molecular weight is 398 g/mol. The molecule has 1 N–H and O–H groups in total. The summed E-state index contributed by atoms with van der Waals surface area (Å²) >= 11 is 1.43. The van der Waals surface area contributed by atoms with Crippen LogP contribution >= 0.6 is 11.3 Å². The number of aromatic amines is 1. The van der Waals surface area contributed by atoms with Crippen LogP contribution in [0, 0.1) is 0 Å². The predicted octanol–water partition coefficient (Wildman–Crippen LogP) is 3.81. The molecular formula is C21H27N5OS. The number of hydrogen-bond acceptors (Lipinski definition) is 5. The number of fused-ring (bicyclic) bond motifs is 1. The molecule has 3 aromatic heterocycles. The fourth-order valence-corrected chi connectivity index (χ4v) is 4.40. The highest BCUT2D eigenvalue weighted by Gasteiger charge is 2.23. The SMILES string of the molecule is CCCCCc1cnc2[nH]cc(-c3csc(C(=O)N4CCN(C)CC4)n3)c2c1. The van der Waals surface area contributed by atoms with E-state index in [1.165, 1.54) is 36.2 Å². The van der Waals surface area contributed by atoms with E-state index < -0.39 is 0 Å². The van der Waals surface area contributed by atoms with E-state index in [2.05, 4.69) is 39.9 Å². The van der Waals surface area contributed by atoms with Crippen LogP contribution in [-0.4, -0.2) is 63.9 Å². The fraction of sp³-hybridized carbons (Fsp3) is 0.476. The second kappa shape index (κ2) is 8.41. The van der Waals surface area contributed by atoms with Crippen LogP contribution in [0.25, 0.3) is 22.3 Å². The molecule has 1 saturated heterocycles. The van der Waals surface area contributed by atoms with Gasteiger partial charge in [0.2, 0.25) is 0 Å². The quantitative estimate of drug-likeness (QED) is 0.643. The van der Waals surface area contributed by atoms with E-state index in [4.69, 9.17) is 0 Å². The number of nitrogens with zero attached hydrogens (tertiary/aromatic N) is 4. The van der Waals surface area contributed by atoms with Crippen molar-refractivity contribution in [2.45, 2.75) is 32.6 Å². The van der Waals surface area contributed by atoms with Crippen LogP contribution in [0.15, 0.2) is 23.8 Å². The van der Waals surface area contributed by atoms with Gasteiger partial charge in [0.1, 0.15) is 5.65 Å². The minimum atomic E-state index is 0.0440. The molecule has 0 atom stereocenters. The van der Waals surface area contributed by atoms with Crippen molar-refractivity contribution in [2.75, 3.05) is 33.2 Å². The van der Waals surface area contributed by atoms with Crippen LogP contribution in [0.1, 0.15) is 41.6 Å². The lowest BCUT2D eigenvalue weighted by Gasteiger charge is -2.31. The molecular weight excluding hydrogens is 370 g/mol. The Hall–Kier alpha value is -2.25. The summed E-state index contributed by atoms with van der Waals surface area (Å²) in [7, 11) is 2.09. The van der Waals surface area contributed by atoms with Gasteiger partial charge in [-0.05, 0) is 31.5 Å². The van der Waals surface area contributed by atoms with Crippen molar-refractivity contribution < 1.29 is 4.79 Å². The Bertz CT molecular complexity index is 955. The molecule has 0 saturated carbocycles. The number of amides is 1. The van der Waals surface area contributed by atoms with E-state index in [-0.39, 0.29) is 5.91 Å². The molecule has 0 unspecified atom stereocenters. The number of carbonyl (C=O) groups is 1. The molecule has 4 heterocycles. The third-order valence-electron chi connectivity index (χ3n) is 5.41. The summed E-state index contributed by atoms with van der Waals surface area (Å²) in [6, 6.07) is 2.21. The summed E-state index contributed by atoms with van der Waals surface area (Å²) in [5.74, 6) is 0.0440. The fourth-order valence-electron chi connectivity index (χ4n) is 3.61. The zero-order valence-electron chi connectivity index (χ0n) is 16.6. The first-order valence-corrected chi connectivity index (χ1v) is 10.9. The van der Waals surface area contributed by atoms with Crippen LogP contribution in [0.2, 0.25) is 0 Å². The lowest BCUT2D eigenvalue weighted by Crippen LogP contribution is -2.47. The number of aromatic nitrogens is 3. The Labute approximate surface area is 169 Å². The largest absolute Gasteiger partial charge is 0.345 e. The number of rotatable bonds is 6. The van der Waals surface area contributed by atoms with Gasteiger partial charge in [0.05, 0.1) is 5.69 Å². The molecule has 1 aliphatic rings. The molecule has 1 amide bonds. The smallest absolute Gasteiger partial charge is 0.282 e. The molecule has 0 spiro atoms. The molecule has 7 heteroatoms. The highest BCUT2D eigenvalue weighted by atomic mass is 32.1. The number of pyridine rings is 1. The predicted molar refractivity (Wildman–Crippen MR) is 114 cm³/mol. The zero-order valence-corrected chi connectivity index (χ0v) is 17.4. The Morgan fingerprint density at radius 3 is 2.86 bits per heavy atom. The maximum Gasteiger partial charge on any atom is 0.282 e. The van der Waals surface area contributed by atoms with Gasteiger partial charge in [0, 0.05) is 54.9 Å². The van der Waals surface area contributed by atoms with Gasteiger partial charge in [0.25, 0.3) is 5.91 Å². The first-order valence-electron chi connectivity index (χ1n) is 10.1. The normalized spacial score (nSPS) is 15.4. The molecule has 0 aliphatic carbocycles. The molecule has 28 heavy (non-hydrogen) atoms. The lowest BCUT2D eigenvalue weighted by molar-refractivity contribution is 0.0664. The maximum atomic E-state index is 12.8. The summed E-state index contributed by atoms with van der Waals surface area (Å²) < 4.78 is 0. The Balaban J connectivity index is 1.55. The molecule has 148 valence electrons. The summed E-state index contributed by atoms with van der Waals surface area (Å²) in [6.07, 6.45) is 8.60. The number of likely N-dealkylation sites (N-methyl/N-ethyl adjacent to an activating group) is 1.